The zero-order chi connectivity index (χ0) is 22.3. The predicted octanol–water partition coefficient (Wildman–Crippen LogP) is 4.03. The second-order valence-electron chi connectivity index (χ2n) is 7.57. The van der Waals surface area contributed by atoms with Crippen molar-refractivity contribution < 1.29 is 4.79 Å². The second kappa shape index (κ2) is 8.28. The van der Waals surface area contributed by atoms with Crippen LogP contribution in [0.1, 0.15) is 29.7 Å². The molecular formula is C23H22N4O2S2. The van der Waals surface area contributed by atoms with Crippen molar-refractivity contribution in [3.05, 3.63) is 80.6 Å². The van der Waals surface area contributed by atoms with Crippen molar-refractivity contribution in [2.45, 2.75) is 19.9 Å². The summed E-state index contributed by atoms with van der Waals surface area (Å²) >= 11 is 6.73. The lowest BCUT2D eigenvalue weighted by atomic mass is 10.1. The summed E-state index contributed by atoms with van der Waals surface area (Å²) in [7, 11) is 3.66. The van der Waals surface area contributed by atoms with Crippen LogP contribution in [0.2, 0.25) is 0 Å². The van der Waals surface area contributed by atoms with Gasteiger partial charge < -0.3 is 4.90 Å². The normalized spacial score (nSPS) is 16.4. The quantitative estimate of drug-likeness (QED) is 0.442. The molecule has 6 nitrogen and oxygen atoms in total. The molecule has 0 aliphatic carbocycles. The number of hydrogen-bond donors (Lipinski definition) is 0. The van der Waals surface area contributed by atoms with Gasteiger partial charge in [-0.2, -0.15) is 0 Å². The summed E-state index contributed by atoms with van der Waals surface area (Å²) in [5.74, 6) is 0.311. The molecule has 1 aromatic carbocycles. The van der Waals surface area contributed by atoms with Gasteiger partial charge in [0.15, 0.2) is 0 Å². The van der Waals surface area contributed by atoms with Gasteiger partial charge in [0.1, 0.15) is 15.8 Å². The van der Waals surface area contributed by atoms with Gasteiger partial charge in [0.25, 0.3) is 11.5 Å². The number of rotatable bonds is 4. The highest BCUT2D eigenvalue weighted by molar-refractivity contribution is 8.26. The number of aryl methyl sites for hydroxylation is 1. The van der Waals surface area contributed by atoms with Crippen LogP contribution >= 0.6 is 24.0 Å². The van der Waals surface area contributed by atoms with E-state index in [0.29, 0.717) is 26.3 Å². The largest absolute Gasteiger partial charge is 0.362 e. The third-order valence-electron chi connectivity index (χ3n) is 5.26. The molecule has 1 saturated heterocycles. The molecule has 1 atom stereocenters. The fourth-order valence-electron chi connectivity index (χ4n) is 3.59. The van der Waals surface area contributed by atoms with E-state index in [0.717, 1.165) is 11.1 Å². The average molecular weight is 451 g/mol. The van der Waals surface area contributed by atoms with Crippen LogP contribution in [0.3, 0.4) is 0 Å². The second-order valence-corrected chi connectivity index (χ2v) is 9.25. The Morgan fingerprint density at radius 1 is 1.13 bits per heavy atom. The van der Waals surface area contributed by atoms with E-state index >= 15 is 0 Å². The minimum absolute atomic E-state index is 0.202. The Hall–Kier alpha value is -2.97. The van der Waals surface area contributed by atoms with E-state index in [1.807, 2.05) is 70.4 Å². The molecule has 8 heteroatoms. The number of benzene rings is 1. The number of pyridine rings is 1. The Kier molecular flexibility index (Phi) is 5.68. The number of thiocarbonyl (C=S) groups is 1. The van der Waals surface area contributed by atoms with Gasteiger partial charge in [-0.1, -0.05) is 60.4 Å². The molecule has 0 N–H and O–H groups in total. The minimum Gasteiger partial charge on any atom is -0.362 e. The number of amides is 1. The van der Waals surface area contributed by atoms with Crippen molar-refractivity contribution in [2.75, 3.05) is 19.0 Å². The molecule has 0 unspecified atom stereocenters. The van der Waals surface area contributed by atoms with Gasteiger partial charge in [-0.15, -0.1) is 0 Å². The maximum Gasteiger partial charge on any atom is 0.267 e. The van der Waals surface area contributed by atoms with Crippen molar-refractivity contribution in [3.63, 3.8) is 0 Å². The maximum atomic E-state index is 13.3. The molecule has 0 bridgehead atoms. The summed E-state index contributed by atoms with van der Waals surface area (Å²) in [5.41, 5.74) is 2.63. The van der Waals surface area contributed by atoms with Crippen LogP contribution in [0.5, 0.6) is 0 Å². The highest BCUT2D eigenvalue weighted by atomic mass is 32.2. The van der Waals surface area contributed by atoms with Crippen LogP contribution in [-0.2, 0) is 4.79 Å². The van der Waals surface area contributed by atoms with Crippen molar-refractivity contribution >= 4 is 51.7 Å². The molecule has 2 aromatic heterocycles. The minimum atomic E-state index is -0.223. The predicted molar refractivity (Wildman–Crippen MR) is 130 cm³/mol. The van der Waals surface area contributed by atoms with Crippen molar-refractivity contribution in [1.82, 2.24) is 14.3 Å². The molecule has 0 saturated carbocycles. The van der Waals surface area contributed by atoms with E-state index in [1.54, 1.807) is 22.1 Å². The first-order valence-corrected chi connectivity index (χ1v) is 11.0. The van der Waals surface area contributed by atoms with E-state index in [4.69, 9.17) is 17.2 Å². The van der Waals surface area contributed by atoms with Gasteiger partial charge in [0, 0.05) is 20.3 Å². The summed E-state index contributed by atoms with van der Waals surface area (Å²) in [6.07, 6.45) is 3.31. The van der Waals surface area contributed by atoms with Gasteiger partial charge in [-0.05, 0) is 37.1 Å². The number of aromatic nitrogens is 2. The third kappa shape index (κ3) is 3.77. The van der Waals surface area contributed by atoms with E-state index in [-0.39, 0.29) is 17.5 Å². The van der Waals surface area contributed by atoms with E-state index in [1.165, 1.54) is 16.2 Å². The van der Waals surface area contributed by atoms with Gasteiger partial charge in [0.05, 0.1) is 16.5 Å². The fourth-order valence-corrected chi connectivity index (χ4v) is 4.99. The van der Waals surface area contributed by atoms with Crippen LogP contribution < -0.4 is 10.5 Å². The first-order chi connectivity index (χ1) is 14.8. The molecule has 31 heavy (non-hydrogen) atoms. The molecule has 0 spiro atoms. The van der Waals surface area contributed by atoms with Gasteiger partial charge in [-0.3, -0.25) is 18.9 Å². The molecule has 1 aliphatic rings. The lowest BCUT2D eigenvalue weighted by molar-refractivity contribution is -0.123. The monoisotopic (exact) mass is 450 g/mol. The summed E-state index contributed by atoms with van der Waals surface area (Å²) in [6, 6.07) is 13.3. The van der Waals surface area contributed by atoms with Crippen LogP contribution in [0.4, 0.5) is 5.82 Å². The van der Waals surface area contributed by atoms with Crippen molar-refractivity contribution in [3.8, 4) is 0 Å². The first kappa shape index (κ1) is 21.3. The summed E-state index contributed by atoms with van der Waals surface area (Å²) < 4.78 is 1.99. The Labute approximate surface area is 190 Å². The fraction of sp³-hybridized carbons (Fsp3) is 0.217. The summed E-state index contributed by atoms with van der Waals surface area (Å²) in [5, 5.41) is 0. The molecule has 1 aliphatic heterocycles. The van der Waals surface area contributed by atoms with Crippen LogP contribution in [0.25, 0.3) is 11.7 Å². The number of nitrogens with zero attached hydrogens (tertiary/aromatic N) is 4. The van der Waals surface area contributed by atoms with Crippen LogP contribution in [0.15, 0.2) is 58.4 Å². The van der Waals surface area contributed by atoms with Crippen LogP contribution in [0, 0.1) is 6.92 Å². The zero-order valence-corrected chi connectivity index (χ0v) is 19.3. The number of carbonyl (C=O) groups excluding carboxylic acids is 1. The molecule has 3 aromatic rings. The van der Waals surface area contributed by atoms with Crippen molar-refractivity contribution in [2.24, 2.45) is 0 Å². The lowest BCUT2D eigenvalue weighted by Crippen LogP contribution is -2.31. The molecule has 1 amide bonds. The Morgan fingerprint density at radius 3 is 2.52 bits per heavy atom. The molecule has 1 fully saturated rings. The molecule has 4 rings (SSSR count). The van der Waals surface area contributed by atoms with Gasteiger partial charge in [-0.25, -0.2) is 4.98 Å². The Balaban J connectivity index is 1.81. The molecule has 0 radical (unpaired) electrons. The third-order valence-corrected chi connectivity index (χ3v) is 6.59. The lowest BCUT2D eigenvalue weighted by Gasteiger charge is -2.23. The maximum absolute atomic E-state index is 13.3. The Morgan fingerprint density at radius 2 is 1.84 bits per heavy atom. The SMILES string of the molecule is Cc1cccn2c(=O)c(/C=C3\SC(=S)N([C@@H](C)c4ccccc4)C3=O)c(N(C)C)nc12. The Bertz CT molecular complexity index is 1280. The zero-order valence-electron chi connectivity index (χ0n) is 17.7. The number of hydrogen-bond acceptors (Lipinski definition) is 6. The van der Waals surface area contributed by atoms with Gasteiger partial charge in [0.2, 0.25) is 0 Å². The molecular weight excluding hydrogens is 428 g/mol. The smallest absolute Gasteiger partial charge is 0.267 e. The average Bonchev–Trinajstić information content (AvgIpc) is 3.03. The van der Waals surface area contributed by atoms with E-state index in [2.05, 4.69) is 0 Å². The first-order valence-electron chi connectivity index (χ1n) is 9.81. The number of thioether (sulfide) groups is 1. The number of fused-ring (bicyclic) bond motifs is 1. The van der Waals surface area contributed by atoms with E-state index < -0.39 is 0 Å². The molecule has 3 heterocycles. The number of anilines is 1. The van der Waals surface area contributed by atoms with Gasteiger partial charge >= 0.3 is 0 Å². The van der Waals surface area contributed by atoms with E-state index in [9.17, 15) is 9.59 Å². The highest BCUT2D eigenvalue weighted by Crippen LogP contribution is 2.38. The van der Waals surface area contributed by atoms with Crippen molar-refractivity contribution in [1.29, 1.82) is 0 Å². The molecule has 158 valence electrons. The van der Waals surface area contributed by atoms with Crippen LogP contribution in [-0.4, -0.2) is 38.6 Å². The standard InChI is InChI=1S/C23H22N4O2S2/c1-14-9-8-12-26-19(14)24-20(25(3)4)17(21(26)28)13-18-22(29)27(23(30)31-18)15(2)16-10-6-5-7-11-16/h5-13,15H,1-4H3/b18-13-/t15-/m0/s1. The summed E-state index contributed by atoms with van der Waals surface area (Å²) in [4.78, 5) is 35.1. The topological polar surface area (TPSA) is 57.9 Å². The highest BCUT2D eigenvalue weighted by Gasteiger charge is 2.36. The summed E-state index contributed by atoms with van der Waals surface area (Å²) in [6.45, 7) is 3.86. The number of carbonyl (C=O) groups is 1.